The second-order valence-electron chi connectivity index (χ2n) is 9.06. The van der Waals surface area contributed by atoms with Gasteiger partial charge in [0.05, 0.1) is 23.8 Å². The predicted molar refractivity (Wildman–Crippen MR) is 147 cm³/mol. The smallest absolute Gasteiger partial charge is 0.352 e. The van der Waals surface area contributed by atoms with Crippen molar-refractivity contribution in [2.75, 3.05) is 11.5 Å². The van der Waals surface area contributed by atoms with E-state index in [4.69, 9.17) is 10.6 Å². The molecule has 3 unspecified atom stereocenters. The lowest BCUT2D eigenvalue weighted by atomic mass is 9.99. The molecule has 5 rings (SSSR count). The summed E-state index contributed by atoms with van der Waals surface area (Å²) in [6, 6.07) is 0. The zero-order valence-corrected chi connectivity index (χ0v) is 23.3. The van der Waals surface area contributed by atoms with Crippen LogP contribution in [0.25, 0.3) is 0 Å². The van der Waals surface area contributed by atoms with E-state index in [0.29, 0.717) is 5.75 Å². The summed E-state index contributed by atoms with van der Waals surface area (Å²) in [5.41, 5.74) is 3.93. The lowest BCUT2D eigenvalue weighted by Crippen LogP contribution is -2.61. The Morgan fingerprint density at radius 2 is 2.10 bits per heavy atom. The fraction of sp³-hybridized carbons (Fsp3) is 0.524. The average molecular weight is 612 g/mol. The summed E-state index contributed by atoms with van der Waals surface area (Å²) in [5.74, 6) is -1.75. The molecule has 4 aliphatic rings. The molecule has 2 amide bonds. The molecule has 19 heteroatoms. The van der Waals surface area contributed by atoms with Crippen LogP contribution in [-0.4, -0.2) is 76.5 Å². The normalized spacial score (nSPS) is 24.3. The molecule has 3 aliphatic heterocycles. The Morgan fingerprint density at radius 3 is 2.85 bits per heavy atom. The van der Waals surface area contributed by atoms with E-state index in [1.807, 2.05) is 0 Å². The second-order valence-corrected chi connectivity index (χ2v) is 12.5. The fourth-order valence-electron chi connectivity index (χ4n) is 4.40. The second kappa shape index (κ2) is 12.1. The van der Waals surface area contributed by atoms with Crippen LogP contribution in [-0.2, 0) is 36.8 Å². The van der Waals surface area contributed by atoms with Gasteiger partial charge in [-0.15, -0.1) is 16.9 Å². The Kier molecular flexibility index (Phi) is 8.52. The van der Waals surface area contributed by atoms with Crippen LogP contribution in [0.3, 0.4) is 0 Å². The van der Waals surface area contributed by atoms with Gasteiger partial charge < -0.3 is 16.2 Å². The number of aliphatic carboxylic acids is 1. The molecule has 0 spiro atoms. The van der Waals surface area contributed by atoms with Crippen molar-refractivity contribution in [3.05, 3.63) is 32.5 Å². The number of aromatic amines is 1. The minimum Gasteiger partial charge on any atom is -0.477 e. The molecule has 5 N–H and O–H groups in total. The minimum absolute atomic E-state index is 0.0395. The van der Waals surface area contributed by atoms with Crippen molar-refractivity contribution in [1.82, 2.24) is 25.0 Å². The molecule has 0 aromatic carbocycles. The van der Waals surface area contributed by atoms with Crippen LogP contribution < -0.4 is 22.2 Å². The first-order chi connectivity index (χ1) is 19.2. The first-order valence-corrected chi connectivity index (χ1v) is 15.4. The first kappa shape index (κ1) is 28.2. The number of fused-ring (bicyclic) bond motifs is 1. The number of nitrogens with two attached hydrogens (primary N) is 1. The fourth-order valence-corrected chi connectivity index (χ4v) is 7.75. The van der Waals surface area contributed by atoms with Gasteiger partial charge in [-0.25, -0.2) is 19.7 Å². The van der Waals surface area contributed by atoms with Crippen molar-refractivity contribution in [3.8, 4) is 0 Å². The molecule has 2 fully saturated rings. The number of β-lactam (4-membered cyclic amide) rings is 1. The number of hydrogen-bond acceptors (Lipinski definition) is 12. The number of carbonyl (C=O) groups excluding carboxylic acids is 2. The third-order valence-corrected chi connectivity index (χ3v) is 9.84. The van der Waals surface area contributed by atoms with E-state index in [0.717, 1.165) is 42.0 Å². The number of rotatable bonds is 10. The molecule has 1 aromatic heterocycles. The highest BCUT2D eigenvalue weighted by atomic mass is 32.2. The van der Waals surface area contributed by atoms with Crippen LogP contribution in [0.4, 0.5) is 0 Å². The van der Waals surface area contributed by atoms with E-state index in [1.165, 1.54) is 22.7 Å². The molecular formula is C21H25N9O7S3. The molecule has 4 heterocycles. The Balaban J connectivity index is 1.19. The number of aromatic nitrogens is 3. The molecule has 1 saturated carbocycles. The van der Waals surface area contributed by atoms with Crippen molar-refractivity contribution in [3.63, 3.8) is 0 Å². The van der Waals surface area contributed by atoms with Gasteiger partial charge in [0.25, 0.3) is 0 Å². The molecule has 214 valence electrons. The SMILES string of the molecule is NC1=NC(CC(=O)NCn2c(SCC3C(=O)N4C(C(=O)O)=CCSC34)n[nH]c(=O)c2=O)=N/S1=N\OC1CCCC1. The molecule has 16 nitrogen and oxygen atoms in total. The highest BCUT2D eigenvalue weighted by Gasteiger charge is 2.51. The molecule has 3 atom stereocenters. The topological polar surface area (TPSA) is 227 Å². The Labute approximate surface area is 237 Å². The maximum Gasteiger partial charge on any atom is 0.352 e. The number of hydrogen-bond donors (Lipinski definition) is 4. The molecule has 0 radical (unpaired) electrons. The average Bonchev–Trinajstić information content (AvgIpc) is 3.57. The highest BCUT2D eigenvalue weighted by molar-refractivity contribution is 8.01. The number of H-pyrrole nitrogens is 1. The van der Waals surface area contributed by atoms with Crippen LogP contribution in [0.15, 0.2) is 40.4 Å². The largest absolute Gasteiger partial charge is 0.477 e. The van der Waals surface area contributed by atoms with Gasteiger partial charge >= 0.3 is 17.1 Å². The van der Waals surface area contributed by atoms with Gasteiger partial charge in [-0.2, -0.15) is 4.40 Å². The van der Waals surface area contributed by atoms with Crippen molar-refractivity contribution in [2.45, 2.75) is 55.4 Å². The van der Waals surface area contributed by atoms with Gasteiger partial charge in [0.15, 0.2) is 16.2 Å². The maximum absolute atomic E-state index is 12.6. The van der Waals surface area contributed by atoms with Crippen LogP contribution in [0.1, 0.15) is 32.1 Å². The van der Waals surface area contributed by atoms with E-state index in [-0.39, 0.29) is 58.1 Å². The van der Waals surface area contributed by atoms with Crippen molar-refractivity contribution in [1.29, 1.82) is 0 Å². The summed E-state index contributed by atoms with van der Waals surface area (Å²) in [6.45, 7) is -0.362. The molecule has 40 heavy (non-hydrogen) atoms. The zero-order valence-electron chi connectivity index (χ0n) is 20.8. The van der Waals surface area contributed by atoms with Crippen molar-refractivity contribution in [2.24, 2.45) is 25.6 Å². The van der Waals surface area contributed by atoms with Crippen molar-refractivity contribution >= 4 is 63.2 Å². The molecular weight excluding hydrogens is 586 g/mol. The van der Waals surface area contributed by atoms with Crippen molar-refractivity contribution < 1.29 is 24.3 Å². The van der Waals surface area contributed by atoms with Gasteiger partial charge in [0.2, 0.25) is 11.8 Å². The monoisotopic (exact) mass is 611 g/mol. The molecule has 0 bridgehead atoms. The standard InChI is InChI=1S/C21H25N9O7S3/c22-20-24-13(27-40(20)28-37-10-3-1-2-4-10)7-14(31)23-9-29-17(34)15(32)25-26-21(29)39-8-11-16(33)30-12(19(35)36)5-6-38-18(11)30/h5,10-11,18H,1-4,6-9H2,(H,23,31)(H,25,32)(H,35,36)(H2,22,24,27). The first-order valence-electron chi connectivity index (χ1n) is 12.2. The number of nitrogens with one attached hydrogen (secondary N) is 2. The van der Waals surface area contributed by atoms with E-state index in [9.17, 15) is 29.1 Å². The Hall–Kier alpha value is -3.29. The number of carboxylic acid groups (broad SMARTS) is 1. The number of carboxylic acids is 1. The van der Waals surface area contributed by atoms with Gasteiger partial charge in [0, 0.05) is 11.5 Å². The molecule has 1 aromatic rings. The van der Waals surface area contributed by atoms with Gasteiger partial charge in [-0.05, 0) is 18.9 Å². The number of amidine groups is 2. The molecule has 1 saturated heterocycles. The Morgan fingerprint density at radius 1 is 1.32 bits per heavy atom. The van der Waals surface area contributed by atoms with Crippen LogP contribution >= 0.6 is 23.5 Å². The summed E-state index contributed by atoms with van der Waals surface area (Å²) < 4.78 is 9.29. The van der Waals surface area contributed by atoms with Crippen LogP contribution in [0.5, 0.6) is 0 Å². The summed E-state index contributed by atoms with van der Waals surface area (Å²) in [4.78, 5) is 71.9. The summed E-state index contributed by atoms with van der Waals surface area (Å²) in [6.07, 6.45) is 5.31. The number of aliphatic imine (C=N–C) groups is 1. The number of amides is 2. The number of carbonyl (C=O) groups is 3. The van der Waals surface area contributed by atoms with Crippen LogP contribution in [0, 0.1) is 5.92 Å². The molecule has 1 aliphatic carbocycles. The van der Waals surface area contributed by atoms with Crippen LogP contribution in [0.2, 0.25) is 0 Å². The zero-order chi connectivity index (χ0) is 28.4. The maximum atomic E-state index is 12.6. The number of nitrogens with zero attached hydrogens (tertiary/aromatic N) is 6. The minimum atomic E-state index is -1.17. The lowest BCUT2D eigenvalue weighted by Gasteiger charge is -2.48. The van der Waals surface area contributed by atoms with Gasteiger partial charge in [-0.1, -0.05) is 29.1 Å². The summed E-state index contributed by atoms with van der Waals surface area (Å²) in [7, 11) is -1.12. The van der Waals surface area contributed by atoms with E-state index < -0.39 is 39.8 Å². The van der Waals surface area contributed by atoms with Gasteiger partial charge in [0.1, 0.15) is 23.2 Å². The third-order valence-electron chi connectivity index (χ3n) is 6.43. The van der Waals surface area contributed by atoms with Gasteiger partial charge in [-0.3, -0.25) is 28.6 Å². The Bertz CT molecular complexity index is 1480. The third kappa shape index (κ3) is 5.91. The van der Waals surface area contributed by atoms with E-state index in [1.54, 1.807) is 0 Å². The quantitative estimate of drug-likeness (QED) is 0.112. The summed E-state index contributed by atoms with van der Waals surface area (Å²) >= 11 is 2.47. The summed E-state index contributed by atoms with van der Waals surface area (Å²) in [5, 5.41) is 17.8. The predicted octanol–water partition coefficient (Wildman–Crippen LogP) is -0.695. The van der Waals surface area contributed by atoms with E-state index >= 15 is 0 Å². The number of thioether (sulfide) groups is 2. The lowest BCUT2D eigenvalue weighted by molar-refractivity contribution is -0.151. The van der Waals surface area contributed by atoms with E-state index in [2.05, 4.69) is 29.4 Å². The highest BCUT2D eigenvalue weighted by Crippen LogP contribution is 2.43.